The van der Waals surface area contributed by atoms with Gasteiger partial charge in [-0.3, -0.25) is 28.8 Å². The first-order valence-corrected chi connectivity index (χ1v) is 30.8. The molecule has 464 valence electrons. The summed E-state index contributed by atoms with van der Waals surface area (Å²) in [6, 6.07) is -4.10. The summed E-state index contributed by atoms with van der Waals surface area (Å²) < 4.78 is 0. The van der Waals surface area contributed by atoms with Crippen molar-refractivity contribution >= 4 is 112 Å². The van der Waals surface area contributed by atoms with E-state index in [1.165, 1.54) is 0 Å². The molecule has 0 aromatic rings. The summed E-state index contributed by atoms with van der Waals surface area (Å²) in [5.74, 6) is -1.58. The lowest BCUT2D eigenvalue weighted by atomic mass is 9.93. The van der Waals surface area contributed by atoms with Crippen LogP contribution in [0.2, 0.25) is 0 Å². The number of rotatable bonds is 33. The number of hydrogen-bond acceptors (Lipinski definition) is 27. The molecule has 0 unspecified atom stereocenters. The van der Waals surface area contributed by atoms with Gasteiger partial charge >= 0.3 is 41.8 Å². The zero-order chi connectivity index (χ0) is 62.6. The Bertz CT molecular complexity index is 1180. The molecule has 0 fully saturated rings. The van der Waals surface area contributed by atoms with Crippen LogP contribution in [0.4, 0.5) is 0 Å². The van der Waals surface area contributed by atoms with Gasteiger partial charge in [0.05, 0.1) is 63.7 Å². The minimum Gasteiger partial charge on any atom is -0.480 e. The van der Waals surface area contributed by atoms with Crippen molar-refractivity contribution in [3.05, 3.63) is 12.7 Å². The van der Waals surface area contributed by atoms with Crippen molar-refractivity contribution in [2.75, 3.05) is 125 Å². The number of carboxylic acids is 7. The van der Waals surface area contributed by atoms with Crippen LogP contribution in [0, 0.1) is 10.8 Å². The van der Waals surface area contributed by atoms with Crippen LogP contribution in [0.15, 0.2) is 12.7 Å². The number of carbonyl (C=O) groups is 7. The fourth-order valence-electron chi connectivity index (χ4n) is 2.81. The van der Waals surface area contributed by atoms with Gasteiger partial charge in [0.2, 0.25) is 0 Å². The van der Waals surface area contributed by atoms with E-state index in [-0.39, 0.29) is 0 Å². The van der Waals surface area contributed by atoms with Crippen LogP contribution in [0.25, 0.3) is 0 Å². The van der Waals surface area contributed by atoms with E-state index in [1.54, 1.807) is 70.6 Å². The first-order valence-electron chi connectivity index (χ1n) is 22.4. The number of nitrogens with two attached hydrogens (primary N) is 6. The molecule has 0 heterocycles. The quantitative estimate of drug-likeness (QED) is 0.0292. The van der Waals surface area contributed by atoms with Gasteiger partial charge in [0, 0.05) is 6.08 Å². The number of aliphatic hydroxyl groups is 8. The van der Waals surface area contributed by atoms with E-state index < -0.39 is 142 Å². The summed E-state index contributed by atoms with van der Waals surface area (Å²) in [6.45, 7) is -0.289. The molecule has 34 heteroatoms. The van der Waals surface area contributed by atoms with Gasteiger partial charge in [-0.2, -0.15) is 70.6 Å². The number of carboxylic acid groups (broad SMARTS) is 7. The number of thioether (sulfide) groups is 6. The van der Waals surface area contributed by atoms with E-state index in [0.29, 0.717) is 38.5 Å². The zero-order valence-corrected chi connectivity index (χ0v) is 49.8. The van der Waals surface area contributed by atoms with Crippen molar-refractivity contribution in [1.29, 1.82) is 0 Å². The third-order valence-corrected chi connectivity index (χ3v) is 12.4. The maximum absolute atomic E-state index is 10.1. The van der Waals surface area contributed by atoms with Gasteiger partial charge in [0.15, 0.2) is 0 Å². The van der Waals surface area contributed by atoms with Gasteiger partial charge in [0.25, 0.3) is 0 Å². The molecular formula is C43H94N6O22S6. The predicted molar refractivity (Wildman–Crippen MR) is 311 cm³/mol. The van der Waals surface area contributed by atoms with E-state index in [2.05, 4.69) is 6.58 Å². The molecule has 0 rings (SSSR count). The highest BCUT2D eigenvalue weighted by molar-refractivity contribution is 7.99. The topological polar surface area (TPSA) is 579 Å². The maximum Gasteiger partial charge on any atom is 0.327 e. The lowest BCUT2D eigenvalue weighted by molar-refractivity contribution is -0.139. The van der Waals surface area contributed by atoms with Crippen LogP contribution in [0.5, 0.6) is 0 Å². The Balaban J connectivity index is -0.0000000968. The van der Waals surface area contributed by atoms with Crippen LogP contribution < -0.4 is 34.4 Å². The molecule has 0 aliphatic carbocycles. The average Bonchev–Trinajstić information content (AvgIpc) is 3.41. The minimum atomic E-state index is -1.11. The molecule has 0 aromatic carbocycles. The Morgan fingerprint density at radius 2 is 0.442 bits per heavy atom. The molecule has 0 spiro atoms. The van der Waals surface area contributed by atoms with Crippen molar-refractivity contribution in [3.63, 3.8) is 0 Å². The van der Waals surface area contributed by atoms with Crippen LogP contribution in [-0.4, -0.2) is 280 Å². The van der Waals surface area contributed by atoms with Crippen LogP contribution in [0.3, 0.4) is 0 Å². The number of hydrogen-bond donors (Lipinski definition) is 21. The molecule has 0 aromatic heterocycles. The van der Waals surface area contributed by atoms with Crippen LogP contribution in [-0.2, 0) is 33.6 Å². The maximum atomic E-state index is 10.1. The molecule has 28 nitrogen and oxygen atoms in total. The zero-order valence-electron chi connectivity index (χ0n) is 44.9. The largest absolute Gasteiger partial charge is 0.480 e. The summed E-state index contributed by atoms with van der Waals surface area (Å²) in [5, 5.41) is 125. The third kappa shape index (κ3) is 73.6. The monoisotopic (exact) mass is 1240 g/mol. The average molecular weight is 1240 g/mol. The number of aliphatic hydroxyl groups excluding tert-OH is 8. The van der Waals surface area contributed by atoms with Crippen molar-refractivity contribution in [3.8, 4) is 0 Å². The van der Waals surface area contributed by atoms with Gasteiger partial charge in [0.1, 0.15) is 36.3 Å². The van der Waals surface area contributed by atoms with Gasteiger partial charge in [-0.1, -0.05) is 6.58 Å². The van der Waals surface area contributed by atoms with Crippen LogP contribution >= 0.6 is 70.6 Å². The lowest BCUT2D eigenvalue weighted by Crippen LogP contribution is -2.37. The molecule has 0 saturated carbocycles. The Morgan fingerprint density at radius 1 is 0.338 bits per heavy atom. The highest BCUT2D eigenvalue weighted by Gasteiger charge is 2.27. The molecule has 27 N–H and O–H groups in total. The molecule has 6 atom stereocenters. The molecule has 0 radical (unpaired) electrons. The van der Waals surface area contributed by atoms with E-state index in [0.717, 1.165) is 40.6 Å². The van der Waals surface area contributed by atoms with Crippen molar-refractivity contribution in [2.24, 2.45) is 45.2 Å². The normalized spacial score (nSPS) is 12.4. The number of aliphatic carboxylic acids is 7. The highest BCUT2D eigenvalue weighted by atomic mass is 32.2. The van der Waals surface area contributed by atoms with E-state index in [9.17, 15) is 33.6 Å². The van der Waals surface area contributed by atoms with Crippen molar-refractivity contribution in [2.45, 2.75) is 74.8 Å². The van der Waals surface area contributed by atoms with Gasteiger partial charge < -0.3 is 111 Å². The van der Waals surface area contributed by atoms with Crippen LogP contribution in [0.1, 0.15) is 38.5 Å². The Kier molecular flexibility index (Phi) is 82.7. The van der Waals surface area contributed by atoms with Gasteiger partial charge in [-0.15, -0.1) is 0 Å². The third-order valence-electron chi connectivity index (χ3n) is 8.56. The van der Waals surface area contributed by atoms with Gasteiger partial charge in [-0.05, 0) is 111 Å². The highest BCUT2D eigenvalue weighted by Crippen LogP contribution is 2.13. The lowest BCUT2D eigenvalue weighted by Gasteiger charge is -2.23. The second-order valence-electron chi connectivity index (χ2n) is 15.2. The first kappa shape index (κ1) is 93.9. The second kappa shape index (κ2) is 67.8. The molecule has 0 bridgehead atoms. The summed E-state index contributed by atoms with van der Waals surface area (Å²) in [7, 11) is 0. The summed E-state index contributed by atoms with van der Waals surface area (Å²) in [5.41, 5.74) is 28.9. The summed E-state index contributed by atoms with van der Waals surface area (Å²) in [6.07, 6.45) is 15.7. The summed E-state index contributed by atoms with van der Waals surface area (Å²) >= 11 is 9.62. The Morgan fingerprint density at radius 3 is 0.481 bits per heavy atom. The molecule has 0 aliphatic heterocycles. The van der Waals surface area contributed by atoms with E-state index in [4.69, 9.17) is 111 Å². The smallest absolute Gasteiger partial charge is 0.327 e. The Labute approximate surface area is 477 Å². The van der Waals surface area contributed by atoms with Crippen molar-refractivity contribution in [1.82, 2.24) is 0 Å². The Hall–Kier alpha value is -2.43. The van der Waals surface area contributed by atoms with E-state index >= 15 is 0 Å². The second-order valence-corrected chi connectivity index (χ2v) is 21.1. The molecular weight excluding hydrogens is 1140 g/mol. The fraction of sp³-hybridized carbons (Fsp3) is 0.791. The minimum absolute atomic E-state index is 0.406. The molecule has 77 heavy (non-hydrogen) atoms. The SMILES string of the molecule is C=CC(=O)O.CSCC[C@H](N)C(=O)O.CSCC[C@H](N)C(=O)O.CSCC[C@H](N)C(=O)O.CSCC[C@H](N)C(=O)O.CSCC[C@H](N)C(=O)O.CSCC[C@H](N)C(=O)O.OCC(CO)(CO)CO.OCC(CO)(CO)CO. The first-order chi connectivity index (χ1) is 35.8. The summed E-state index contributed by atoms with van der Waals surface area (Å²) in [4.78, 5) is 69.7. The molecule has 0 saturated heterocycles. The van der Waals surface area contributed by atoms with Crippen molar-refractivity contribution < 1.29 is 110 Å². The van der Waals surface area contributed by atoms with E-state index in [1.807, 2.05) is 37.5 Å². The molecule has 0 aliphatic rings. The molecule has 0 amide bonds. The van der Waals surface area contributed by atoms with Gasteiger partial charge in [-0.25, -0.2) is 4.79 Å². The fourth-order valence-corrected chi connectivity index (χ4v) is 5.75. The standard InChI is InChI=1S/6C5H11NO2S.2C5H12O4.C3H4O2/c6*1-9-3-2-4(6)5(7)8;2*6-1-5(2-7,3-8)4-9;1-2-3(4)5/h6*4H,2-3,6H2,1H3,(H,7,8);2*6-9H,1-4H2;2H,1H2,(H,4,5)/t6*4-;;;/m000000.../s1. The predicted octanol–water partition coefficient (Wildman–Crippen LogP) is -2.95.